The van der Waals surface area contributed by atoms with E-state index in [2.05, 4.69) is 33.9 Å². The summed E-state index contributed by atoms with van der Waals surface area (Å²) in [5.74, 6) is 0.497. The number of fused-ring (bicyclic) bond motifs is 1. The summed E-state index contributed by atoms with van der Waals surface area (Å²) in [4.78, 5) is 13.4. The molecule has 7 heteroatoms. The number of rotatable bonds is 2. The van der Waals surface area contributed by atoms with Crippen molar-refractivity contribution in [1.29, 1.82) is 0 Å². The highest BCUT2D eigenvalue weighted by atomic mass is 35.5. The lowest BCUT2D eigenvalue weighted by atomic mass is 10.2. The van der Waals surface area contributed by atoms with Gasteiger partial charge in [-0.15, -0.1) is 0 Å². The Morgan fingerprint density at radius 1 is 1.40 bits per heavy atom. The van der Waals surface area contributed by atoms with Crippen LogP contribution in [0.1, 0.15) is 0 Å². The summed E-state index contributed by atoms with van der Waals surface area (Å²) >= 11 is 5.95. The van der Waals surface area contributed by atoms with E-state index >= 15 is 0 Å². The quantitative estimate of drug-likeness (QED) is 0.892. The lowest BCUT2D eigenvalue weighted by molar-refractivity contribution is 0.104. The normalized spacial score (nSPS) is 21.6. The summed E-state index contributed by atoms with van der Waals surface area (Å²) in [7, 11) is 4.30. The first-order chi connectivity index (χ1) is 9.54. The largest absolute Gasteiger partial charge is 0.369 e. The third-order valence-electron chi connectivity index (χ3n) is 3.95. The number of nitrogen functional groups attached to an aromatic ring is 1. The molecule has 1 aliphatic rings. The molecular weight excluding hydrogens is 276 g/mol. The zero-order valence-corrected chi connectivity index (χ0v) is 12.5. The Hall–Kier alpha value is -1.37. The van der Waals surface area contributed by atoms with Gasteiger partial charge in [0.25, 0.3) is 0 Å². The van der Waals surface area contributed by atoms with Crippen LogP contribution in [-0.2, 0) is 6.54 Å². The van der Waals surface area contributed by atoms with Crippen molar-refractivity contribution in [2.24, 2.45) is 0 Å². The van der Waals surface area contributed by atoms with E-state index in [-0.39, 0.29) is 0 Å². The smallest absolute Gasteiger partial charge is 0.202 e. The summed E-state index contributed by atoms with van der Waals surface area (Å²) in [5, 5.41) is 0.580. The summed E-state index contributed by atoms with van der Waals surface area (Å²) < 4.78 is 1.98. The van der Waals surface area contributed by atoms with Crippen LogP contribution in [0.15, 0.2) is 12.3 Å². The number of hydrogen-bond acceptors (Lipinski definition) is 5. The maximum atomic E-state index is 6.04. The van der Waals surface area contributed by atoms with Gasteiger partial charge in [0.05, 0.1) is 5.02 Å². The molecule has 0 bridgehead atoms. The molecule has 1 unspecified atom stereocenters. The van der Waals surface area contributed by atoms with Crippen molar-refractivity contribution in [3.63, 3.8) is 0 Å². The number of imidazole rings is 1. The SMILES string of the molecule is CN1CCN(C)C(Cn2c(N)nc3cc(Cl)cnc32)C1. The third-order valence-corrected chi connectivity index (χ3v) is 4.16. The highest BCUT2D eigenvalue weighted by Crippen LogP contribution is 2.21. The van der Waals surface area contributed by atoms with Crippen molar-refractivity contribution in [3.8, 4) is 0 Å². The number of nitrogens with zero attached hydrogens (tertiary/aromatic N) is 5. The first kappa shape index (κ1) is 13.6. The minimum absolute atomic E-state index is 0.408. The number of aromatic nitrogens is 3. The van der Waals surface area contributed by atoms with Crippen LogP contribution in [0, 0.1) is 0 Å². The minimum Gasteiger partial charge on any atom is -0.369 e. The fraction of sp³-hybridized carbons (Fsp3) is 0.538. The average molecular weight is 295 g/mol. The van der Waals surface area contributed by atoms with Crippen LogP contribution in [0.25, 0.3) is 11.2 Å². The monoisotopic (exact) mass is 294 g/mol. The topological polar surface area (TPSA) is 63.2 Å². The van der Waals surface area contributed by atoms with Gasteiger partial charge in [0.2, 0.25) is 5.95 Å². The molecule has 1 aliphatic heterocycles. The molecule has 3 rings (SSSR count). The molecule has 0 aromatic carbocycles. The highest BCUT2D eigenvalue weighted by molar-refractivity contribution is 6.31. The molecule has 2 aromatic heterocycles. The maximum Gasteiger partial charge on any atom is 0.202 e. The Morgan fingerprint density at radius 3 is 3.00 bits per heavy atom. The molecule has 2 N–H and O–H groups in total. The van der Waals surface area contributed by atoms with E-state index in [1.165, 1.54) is 0 Å². The van der Waals surface area contributed by atoms with Crippen molar-refractivity contribution in [2.75, 3.05) is 39.5 Å². The van der Waals surface area contributed by atoms with Gasteiger partial charge in [0, 0.05) is 38.4 Å². The number of anilines is 1. The zero-order valence-electron chi connectivity index (χ0n) is 11.8. The summed E-state index contributed by atoms with van der Waals surface area (Å²) in [5.41, 5.74) is 7.59. The van der Waals surface area contributed by atoms with Crippen LogP contribution < -0.4 is 5.73 Å². The van der Waals surface area contributed by atoms with Crippen molar-refractivity contribution >= 4 is 28.7 Å². The third kappa shape index (κ3) is 2.46. The molecule has 0 aliphatic carbocycles. The van der Waals surface area contributed by atoms with Crippen LogP contribution in [0.5, 0.6) is 0 Å². The van der Waals surface area contributed by atoms with Crippen LogP contribution in [0.2, 0.25) is 5.02 Å². The molecule has 108 valence electrons. The van der Waals surface area contributed by atoms with Gasteiger partial charge in [-0.3, -0.25) is 9.47 Å². The van der Waals surface area contributed by atoms with Gasteiger partial charge in [-0.25, -0.2) is 9.97 Å². The standard InChI is InChI=1S/C13H19ClN6/c1-18-3-4-19(2)10(7-18)8-20-12-11(17-13(20)15)5-9(14)6-16-12/h5-6,10H,3-4,7-8H2,1-2H3,(H2,15,17). The number of nitrogens with two attached hydrogens (primary N) is 1. The summed E-state index contributed by atoms with van der Waals surface area (Å²) in [6.45, 7) is 3.97. The summed E-state index contributed by atoms with van der Waals surface area (Å²) in [6.07, 6.45) is 1.64. The number of pyridine rings is 1. The molecule has 1 saturated heterocycles. The van der Waals surface area contributed by atoms with Gasteiger partial charge < -0.3 is 10.6 Å². The molecule has 2 aromatic rings. The number of hydrogen-bond donors (Lipinski definition) is 1. The van der Waals surface area contributed by atoms with E-state index in [1.807, 2.05) is 4.57 Å². The first-order valence-electron chi connectivity index (χ1n) is 6.70. The predicted octanol–water partition coefficient (Wildman–Crippen LogP) is 0.913. The number of halogens is 1. The summed E-state index contributed by atoms with van der Waals surface area (Å²) in [6, 6.07) is 2.21. The van der Waals surface area contributed by atoms with Gasteiger partial charge in [0.15, 0.2) is 5.65 Å². The predicted molar refractivity (Wildman–Crippen MR) is 80.9 cm³/mol. The first-order valence-corrected chi connectivity index (χ1v) is 7.08. The van der Waals surface area contributed by atoms with Crippen molar-refractivity contribution in [2.45, 2.75) is 12.6 Å². The number of likely N-dealkylation sites (N-methyl/N-ethyl adjacent to an activating group) is 2. The lowest BCUT2D eigenvalue weighted by Gasteiger charge is -2.37. The second kappa shape index (κ2) is 5.20. The molecule has 0 amide bonds. The van der Waals surface area contributed by atoms with Gasteiger partial charge in [-0.05, 0) is 20.2 Å². The molecule has 20 heavy (non-hydrogen) atoms. The van der Waals surface area contributed by atoms with Crippen LogP contribution in [0.4, 0.5) is 5.95 Å². The van der Waals surface area contributed by atoms with Crippen molar-refractivity contribution < 1.29 is 0 Å². The van der Waals surface area contributed by atoms with Crippen LogP contribution in [0.3, 0.4) is 0 Å². The Balaban J connectivity index is 1.92. The molecule has 3 heterocycles. The van der Waals surface area contributed by atoms with E-state index < -0.39 is 0 Å². The van der Waals surface area contributed by atoms with Crippen LogP contribution in [-0.4, -0.2) is 64.1 Å². The molecule has 1 atom stereocenters. The van der Waals surface area contributed by atoms with E-state index in [0.717, 1.165) is 37.3 Å². The van der Waals surface area contributed by atoms with Crippen LogP contribution >= 0.6 is 11.6 Å². The fourth-order valence-electron chi connectivity index (χ4n) is 2.69. The lowest BCUT2D eigenvalue weighted by Crippen LogP contribution is -2.51. The van der Waals surface area contributed by atoms with Gasteiger partial charge in [-0.1, -0.05) is 11.6 Å². The molecular formula is C13H19ClN6. The molecule has 1 fully saturated rings. The second-order valence-electron chi connectivity index (χ2n) is 5.47. The Bertz CT molecular complexity index is 625. The average Bonchev–Trinajstić information content (AvgIpc) is 2.69. The van der Waals surface area contributed by atoms with E-state index in [0.29, 0.717) is 17.0 Å². The molecule has 0 spiro atoms. The Labute approximate surface area is 123 Å². The molecule has 6 nitrogen and oxygen atoms in total. The molecule has 0 radical (unpaired) electrons. The number of piperazine rings is 1. The Morgan fingerprint density at radius 2 is 2.20 bits per heavy atom. The van der Waals surface area contributed by atoms with E-state index in [4.69, 9.17) is 17.3 Å². The van der Waals surface area contributed by atoms with Gasteiger partial charge in [0.1, 0.15) is 5.52 Å². The Kier molecular flexibility index (Phi) is 3.54. The van der Waals surface area contributed by atoms with E-state index in [1.54, 1.807) is 12.3 Å². The van der Waals surface area contributed by atoms with Gasteiger partial charge in [-0.2, -0.15) is 0 Å². The molecule has 0 saturated carbocycles. The second-order valence-corrected chi connectivity index (χ2v) is 5.91. The van der Waals surface area contributed by atoms with Crippen molar-refractivity contribution in [1.82, 2.24) is 24.3 Å². The van der Waals surface area contributed by atoms with E-state index in [9.17, 15) is 0 Å². The highest BCUT2D eigenvalue weighted by Gasteiger charge is 2.24. The zero-order chi connectivity index (χ0) is 14.3. The minimum atomic E-state index is 0.408. The van der Waals surface area contributed by atoms with Gasteiger partial charge >= 0.3 is 0 Å². The maximum absolute atomic E-state index is 6.04. The van der Waals surface area contributed by atoms with Crippen molar-refractivity contribution in [3.05, 3.63) is 17.3 Å². The fourth-order valence-corrected chi connectivity index (χ4v) is 2.85.